The van der Waals surface area contributed by atoms with Crippen molar-refractivity contribution in [3.63, 3.8) is 0 Å². The highest BCUT2D eigenvalue weighted by Gasteiger charge is 2.14. The molecule has 0 amide bonds. The van der Waals surface area contributed by atoms with Gasteiger partial charge in [-0.15, -0.1) is 0 Å². The van der Waals surface area contributed by atoms with Crippen LogP contribution in [0, 0.1) is 19.7 Å². The molecule has 2 aromatic rings. The molecular formula is C11H10ClFN2O. The first-order chi connectivity index (χ1) is 7.52. The molecule has 1 heterocycles. The molecule has 84 valence electrons. The van der Waals surface area contributed by atoms with Gasteiger partial charge in [0, 0.05) is 11.3 Å². The third-order valence-corrected chi connectivity index (χ3v) is 2.83. The van der Waals surface area contributed by atoms with Crippen molar-refractivity contribution in [3.05, 3.63) is 50.7 Å². The van der Waals surface area contributed by atoms with E-state index >= 15 is 0 Å². The van der Waals surface area contributed by atoms with Gasteiger partial charge < -0.3 is 0 Å². The van der Waals surface area contributed by atoms with E-state index < -0.39 is 5.82 Å². The van der Waals surface area contributed by atoms with E-state index in [4.69, 9.17) is 11.6 Å². The van der Waals surface area contributed by atoms with Gasteiger partial charge >= 0.3 is 0 Å². The van der Waals surface area contributed by atoms with Crippen LogP contribution < -0.4 is 5.56 Å². The molecule has 0 saturated heterocycles. The first-order valence-electron chi connectivity index (χ1n) is 4.75. The van der Waals surface area contributed by atoms with E-state index in [1.54, 1.807) is 13.8 Å². The Labute approximate surface area is 96.5 Å². The second-order valence-corrected chi connectivity index (χ2v) is 3.98. The fourth-order valence-corrected chi connectivity index (χ4v) is 1.74. The maximum absolute atomic E-state index is 13.6. The molecule has 0 aliphatic rings. The normalized spacial score (nSPS) is 10.8. The molecule has 0 spiro atoms. The lowest BCUT2D eigenvalue weighted by molar-refractivity contribution is 0.608. The number of hydrogen-bond donors (Lipinski definition) is 1. The summed E-state index contributed by atoms with van der Waals surface area (Å²) in [5.41, 5.74) is 1.03. The third-order valence-electron chi connectivity index (χ3n) is 2.53. The summed E-state index contributed by atoms with van der Waals surface area (Å²) in [4.78, 5) is 11.8. The van der Waals surface area contributed by atoms with Gasteiger partial charge in [-0.05, 0) is 26.0 Å². The lowest BCUT2D eigenvalue weighted by Gasteiger charge is -2.05. The van der Waals surface area contributed by atoms with Gasteiger partial charge in [0.1, 0.15) is 11.5 Å². The van der Waals surface area contributed by atoms with Crippen molar-refractivity contribution < 1.29 is 4.39 Å². The van der Waals surface area contributed by atoms with Crippen molar-refractivity contribution in [1.82, 2.24) is 9.78 Å². The largest absolute Gasteiger partial charge is 0.295 e. The molecule has 0 aliphatic heterocycles. The standard InChI is InChI=1S/C11H10ClFN2O/c1-6-7(2)14-15(11(6)16)10-8(12)4-3-5-9(10)13/h3-5,14H,1-2H3. The Balaban J connectivity index is 2.78. The molecule has 16 heavy (non-hydrogen) atoms. The van der Waals surface area contributed by atoms with Gasteiger partial charge in [0.05, 0.1) is 5.02 Å². The van der Waals surface area contributed by atoms with E-state index in [-0.39, 0.29) is 16.3 Å². The molecule has 3 nitrogen and oxygen atoms in total. The molecule has 0 bridgehead atoms. The van der Waals surface area contributed by atoms with Crippen LogP contribution >= 0.6 is 11.6 Å². The highest BCUT2D eigenvalue weighted by atomic mass is 35.5. The zero-order chi connectivity index (χ0) is 11.9. The molecule has 5 heteroatoms. The maximum atomic E-state index is 13.6. The predicted octanol–water partition coefficient (Wildman–Crippen LogP) is 2.57. The predicted molar refractivity (Wildman–Crippen MR) is 60.8 cm³/mol. The summed E-state index contributed by atoms with van der Waals surface area (Å²) in [6.07, 6.45) is 0. The first kappa shape index (κ1) is 11.0. The van der Waals surface area contributed by atoms with Gasteiger partial charge in [-0.3, -0.25) is 9.89 Å². The molecule has 1 N–H and O–H groups in total. The molecule has 0 saturated carbocycles. The van der Waals surface area contributed by atoms with Crippen LogP contribution in [-0.4, -0.2) is 9.78 Å². The maximum Gasteiger partial charge on any atom is 0.274 e. The van der Waals surface area contributed by atoms with Crippen molar-refractivity contribution in [1.29, 1.82) is 0 Å². The monoisotopic (exact) mass is 240 g/mol. The van der Waals surface area contributed by atoms with Crippen molar-refractivity contribution in [3.8, 4) is 5.69 Å². The van der Waals surface area contributed by atoms with Gasteiger partial charge in [0.15, 0.2) is 0 Å². The van der Waals surface area contributed by atoms with E-state index in [9.17, 15) is 9.18 Å². The number of aryl methyl sites for hydroxylation is 1. The van der Waals surface area contributed by atoms with Gasteiger partial charge in [0.2, 0.25) is 0 Å². The highest BCUT2D eigenvalue weighted by molar-refractivity contribution is 6.32. The third kappa shape index (κ3) is 1.55. The Morgan fingerprint density at radius 3 is 2.56 bits per heavy atom. The average Bonchev–Trinajstić information content (AvgIpc) is 2.47. The van der Waals surface area contributed by atoms with Gasteiger partial charge in [-0.1, -0.05) is 17.7 Å². The number of rotatable bonds is 1. The minimum Gasteiger partial charge on any atom is -0.295 e. The molecule has 0 unspecified atom stereocenters. The quantitative estimate of drug-likeness (QED) is 0.817. The summed E-state index contributed by atoms with van der Waals surface area (Å²) >= 11 is 5.88. The zero-order valence-electron chi connectivity index (χ0n) is 8.84. The fraction of sp³-hybridized carbons (Fsp3) is 0.182. The van der Waals surface area contributed by atoms with E-state index in [0.717, 1.165) is 4.68 Å². The van der Waals surface area contributed by atoms with Crippen LogP contribution in [0.5, 0.6) is 0 Å². The van der Waals surface area contributed by atoms with Crippen molar-refractivity contribution in [2.24, 2.45) is 0 Å². The van der Waals surface area contributed by atoms with Gasteiger partial charge in [-0.25, -0.2) is 9.07 Å². The van der Waals surface area contributed by atoms with Crippen LogP contribution in [0.1, 0.15) is 11.3 Å². The van der Waals surface area contributed by atoms with Crippen LogP contribution in [0.25, 0.3) is 5.69 Å². The number of hydrogen-bond acceptors (Lipinski definition) is 1. The number of benzene rings is 1. The highest BCUT2D eigenvalue weighted by Crippen LogP contribution is 2.21. The second-order valence-electron chi connectivity index (χ2n) is 3.57. The van der Waals surface area contributed by atoms with Crippen molar-refractivity contribution >= 4 is 11.6 Å². The summed E-state index contributed by atoms with van der Waals surface area (Å²) in [5, 5.41) is 2.99. The van der Waals surface area contributed by atoms with E-state index in [1.807, 2.05) is 0 Å². The molecule has 2 rings (SSSR count). The average molecular weight is 241 g/mol. The van der Waals surface area contributed by atoms with Crippen LogP contribution in [0.3, 0.4) is 0 Å². The summed E-state index contributed by atoms with van der Waals surface area (Å²) in [6, 6.07) is 4.30. The first-order valence-corrected chi connectivity index (χ1v) is 5.12. The Kier molecular flexibility index (Phi) is 2.59. The molecule has 0 fully saturated rings. The van der Waals surface area contributed by atoms with Crippen molar-refractivity contribution in [2.45, 2.75) is 13.8 Å². The summed E-state index contributed by atoms with van der Waals surface area (Å²) in [5.74, 6) is -0.532. The van der Waals surface area contributed by atoms with Crippen LogP contribution in [0.2, 0.25) is 5.02 Å². The molecule has 1 aromatic carbocycles. The summed E-state index contributed by atoms with van der Waals surface area (Å²) in [7, 11) is 0. The number of aromatic nitrogens is 2. The van der Waals surface area contributed by atoms with Gasteiger partial charge in [0.25, 0.3) is 5.56 Å². The molecule has 1 aromatic heterocycles. The summed E-state index contributed by atoms with van der Waals surface area (Å²) in [6.45, 7) is 3.43. The lowest BCUT2D eigenvalue weighted by Crippen LogP contribution is -2.17. The molecule has 0 radical (unpaired) electrons. The molecular weight excluding hydrogens is 231 g/mol. The van der Waals surface area contributed by atoms with E-state index in [1.165, 1.54) is 18.2 Å². The van der Waals surface area contributed by atoms with E-state index in [2.05, 4.69) is 5.10 Å². The smallest absolute Gasteiger partial charge is 0.274 e. The topological polar surface area (TPSA) is 37.8 Å². The van der Waals surface area contributed by atoms with Gasteiger partial charge in [-0.2, -0.15) is 0 Å². The minimum absolute atomic E-state index is 0.0605. The van der Waals surface area contributed by atoms with Crippen LogP contribution in [-0.2, 0) is 0 Å². The van der Waals surface area contributed by atoms with Crippen LogP contribution in [0.4, 0.5) is 4.39 Å². The zero-order valence-corrected chi connectivity index (χ0v) is 9.60. The number of nitrogens with zero attached hydrogens (tertiary/aromatic N) is 1. The Bertz CT molecular complexity index is 580. The number of halogens is 2. The Morgan fingerprint density at radius 2 is 2.06 bits per heavy atom. The van der Waals surface area contributed by atoms with Crippen LogP contribution in [0.15, 0.2) is 23.0 Å². The van der Waals surface area contributed by atoms with E-state index in [0.29, 0.717) is 11.3 Å². The lowest BCUT2D eigenvalue weighted by atomic mass is 10.3. The number of para-hydroxylation sites is 1. The second kappa shape index (κ2) is 3.79. The fourth-order valence-electron chi connectivity index (χ4n) is 1.49. The SMILES string of the molecule is Cc1[nH]n(-c2c(F)cccc2Cl)c(=O)c1C. The molecule has 0 aliphatic carbocycles. The minimum atomic E-state index is -0.532. The number of aromatic amines is 1. The Hall–Kier alpha value is -1.55. The van der Waals surface area contributed by atoms with Crippen molar-refractivity contribution in [2.75, 3.05) is 0 Å². The summed E-state index contributed by atoms with van der Waals surface area (Å²) < 4.78 is 14.7. The Morgan fingerprint density at radius 1 is 1.38 bits per heavy atom. The molecule has 0 atom stereocenters. The number of H-pyrrole nitrogens is 1. The number of nitrogens with one attached hydrogen (secondary N) is 1.